The first-order valence-corrected chi connectivity index (χ1v) is 10.2. The van der Waals surface area contributed by atoms with Gasteiger partial charge in [-0.2, -0.15) is 0 Å². The number of aryl methyl sites for hydroxylation is 1. The zero-order chi connectivity index (χ0) is 20.4. The fraction of sp³-hybridized carbons (Fsp3) is 0.333. The van der Waals surface area contributed by atoms with Gasteiger partial charge in [-0.25, -0.2) is 9.37 Å². The van der Waals surface area contributed by atoms with Crippen LogP contribution in [0.3, 0.4) is 0 Å². The lowest BCUT2D eigenvalue weighted by Crippen LogP contribution is -2.22. The van der Waals surface area contributed by atoms with Crippen LogP contribution in [-0.4, -0.2) is 15.5 Å². The maximum absolute atomic E-state index is 13.2. The molecule has 150 valence electrons. The first-order valence-electron chi connectivity index (χ1n) is 10.2. The molecule has 4 rings (SSSR count). The molecule has 0 aliphatic carbocycles. The number of carbonyl (C=O) groups is 1. The molecule has 0 radical (unpaired) electrons. The molecule has 1 amide bonds. The molecule has 1 aliphatic heterocycles. The summed E-state index contributed by atoms with van der Waals surface area (Å²) in [7, 11) is 0. The van der Waals surface area contributed by atoms with Crippen LogP contribution >= 0.6 is 0 Å². The number of aromatic nitrogens is 2. The first-order chi connectivity index (χ1) is 14.0. The monoisotopic (exact) mass is 391 g/mol. The van der Waals surface area contributed by atoms with Gasteiger partial charge in [0.1, 0.15) is 11.6 Å². The van der Waals surface area contributed by atoms with E-state index in [0.29, 0.717) is 18.0 Å². The van der Waals surface area contributed by atoms with Gasteiger partial charge >= 0.3 is 0 Å². The third-order valence-electron chi connectivity index (χ3n) is 5.82. The van der Waals surface area contributed by atoms with Gasteiger partial charge in [0, 0.05) is 42.4 Å². The van der Waals surface area contributed by atoms with Gasteiger partial charge in [-0.15, -0.1) is 0 Å². The minimum absolute atomic E-state index is 0.0804. The topological polar surface area (TPSA) is 46.9 Å². The van der Waals surface area contributed by atoms with E-state index in [-0.39, 0.29) is 17.6 Å². The van der Waals surface area contributed by atoms with E-state index >= 15 is 0 Å². The number of hydrogen-bond acceptors (Lipinski definition) is 2. The van der Waals surface area contributed by atoms with Crippen LogP contribution in [0.15, 0.2) is 54.7 Å². The predicted octanol–water partition coefficient (Wildman–Crippen LogP) is 5.39. The van der Waals surface area contributed by atoms with Crippen molar-refractivity contribution in [3.63, 3.8) is 0 Å². The maximum atomic E-state index is 13.2. The van der Waals surface area contributed by atoms with Gasteiger partial charge in [0.2, 0.25) is 5.91 Å². The van der Waals surface area contributed by atoms with E-state index in [9.17, 15) is 9.18 Å². The van der Waals surface area contributed by atoms with Crippen molar-refractivity contribution < 1.29 is 9.18 Å². The van der Waals surface area contributed by atoms with E-state index in [0.717, 1.165) is 42.0 Å². The molecule has 1 N–H and O–H groups in total. The van der Waals surface area contributed by atoms with Gasteiger partial charge in [-0.1, -0.05) is 31.2 Å². The molecule has 0 spiro atoms. The van der Waals surface area contributed by atoms with Crippen LogP contribution in [0.25, 0.3) is 0 Å². The number of nitrogens with one attached hydrogen (secondary N) is 1. The maximum Gasteiger partial charge on any atom is 0.225 e. The van der Waals surface area contributed by atoms with Gasteiger partial charge in [-0.3, -0.25) is 4.79 Å². The van der Waals surface area contributed by atoms with Crippen LogP contribution in [0.2, 0.25) is 0 Å². The van der Waals surface area contributed by atoms with Gasteiger partial charge < -0.3 is 9.88 Å². The fourth-order valence-corrected chi connectivity index (χ4v) is 4.29. The summed E-state index contributed by atoms with van der Waals surface area (Å²) in [5.74, 6) is 1.06. The molecule has 3 aromatic rings. The summed E-state index contributed by atoms with van der Waals surface area (Å²) < 4.78 is 15.5. The van der Waals surface area contributed by atoms with Gasteiger partial charge in [-0.05, 0) is 55.2 Å². The minimum Gasteiger partial charge on any atom is -0.331 e. The third kappa shape index (κ3) is 4.09. The van der Waals surface area contributed by atoms with E-state index in [1.54, 1.807) is 12.1 Å². The number of benzene rings is 2. The summed E-state index contributed by atoms with van der Waals surface area (Å²) in [6, 6.07) is 14.1. The Morgan fingerprint density at radius 1 is 1.24 bits per heavy atom. The third-order valence-corrected chi connectivity index (χ3v) is 5.82. The second-order valence-corrected chi connectivity index (χ2v) is 7.90. The molecule has 0 saturated heterocycles. The highest BCUT2D eigenvalue weighted by molar-refractivity contribution is 5.91. The molecule has 0 bridgehead atoms. The normalized spacial score (nSPS) is 16.9. The largest absolute Gasteiger partial charge is 0.331 e. The summed E-state index contributed by atoms with van der Waals surface area (Å²) in [4.78, 5) is 17.6. The Morgan fingerprint density at radius 2 is 2.00 bits per heavy atom. The van der Waals surface area contributed by atoms with Crippen molar-refractivity contribution in [2.45, 2.75) is 51.5 Å². The van der Waals surface area contributed by atoms with Gasteiger partial charge in [0.25, 0.3) is 0 Å². The van der Waals surface area contributed by atoms with E-state index in [1.807, 2.05) is 18.3 Å². The lowest BCUT2D eigenvalue weighted by atomic mass is 9.88. The highest BCUT2D eigenvalue weighted by Crippen LogP contribution is 2.35. The number of carbonyl (C=O) groups excluding carboxylic acids is 1. The molecule has 2 heterocycles. The summed E-state index contributed by atoms with van der Waals surface area (Å²) in [6.45, 7) is 5.24. The molecule has 0 unspecified atom stereocenters. The molecule has 4 nitrogen and oxygen atoms in total. The molecular formula is C24H26FN3O. The number of anilines is 1. The highest BCUT2D eigenvalue weighted by Gasteiger charge is 2.28. The average molecular weight is 391 g/mol. The first kappa shape index (κ1) is 19.4. The zero-order valence-electron chi connectivity index (χ0n) is 16.9. The number of fused-ring (bicyclic) bond motifs is 1. The molecule has 29 heavy (non-hydrogen) atoms. The Balaban J connectivity index is 1.66. The van der Waals surface area contributed by atoms with Crippen LogP contribution in [0.4, 0.5) is 10.1 Å². The van der Waals surface area contributed by atoms with Crippen molar-refractivity contribution in [1.82, 2.24) is 9.55 Å². The molecule has 5 heteroatoms. The second kappa shape index (κ2) is 8.19. The van der Waals surface area contributed by atoms with E-state index < -0.39 is 0 Å². The molecule has 2 atom stereocenters. The Labute approximate surface area is 170 Å². The van der Waals surface area contributed by atoms with Crippen molar-refractivity contribution in [2.24, 2.45) is 0 Å². The van der Waals surface area contributed by atoms with Crippen LogP contribution < -0.4 is 5.32 Å². The summed E-state index contributed by atoms with van der Waals surface area (Å²) in [6.07, 6.45) is 4.53. The van der Waals surface area contributed by atoms with Crippen molar-refractivity contribution in [3.8, 4) is 0 Å². The molecular weight excluding hydrogens is 365 g/mol. The Morgan fingerprint density at radius 3 is 2.76 bits per heavy atom. The molecule has 0 saturated carbocycles. The van der Waals surface area contributed by atoms with E-state index in [4.69, 9.17) is 4.98 Å². The Kier molecular flexibility index (Phi) is 5.47. The number of hydrogen-bond donors (Lipinski definition) is 1. The summed E-state index contributed by atoms with van der Waals surface area (Å²) >= 11 is 0. The lowest BCUT2D eigenvalue weighted by molar-refractivity contribution is -0.116. The molecule has 1 aliphatic rings. The van der Waals surface area contributed by atoms with Crippen LogP contribution in [0.1, 0.15) is 60.7 Å². The fourth-order valence-electron chi connectivity index (χ4n) is 4.29. The number of halogens is 1. The van der Waals surface area contributed by atoms with Crippen molar-refractivity contribution in [2.75, 3.05) is 5.32 Å². The average Bonchev–Trinajstić information content (AvgIpc) is 3.14. The smallest absolute Gasteiger partial charge is 0.225 e. The molecule has 1 aromatic heterocycles. The highest BCUT2D eigenvalue weighted by atomic mass is 19.1. The van der Waals surface area contributed by atoms with Gasteiger partial charge in [0.05, 0.1) is 0 Å². The van der Waals surface area contributed by atoms with Crippen molar-refractivity contribution >= 4 is 11.6 Å². The number of imidazole rings is 1. The Bertz CT molecular complexity index is 1010. The van der Waals surface area contributed by atoms with Crippen molar-refractivity contribution in [3.05, 3.63) is 83.2 Å². The summed E-state index contributed by atoms with van der Waals surface area (Å²) in [5, 5.41) is 2.90. The van der Waals surface area contributed by atoms with E-state index in [2.05, 4.69) is 35.9 Å². The van der Waals surface area contributed by atoms with Crippen molar-refractivity contribution in [1.29, 1.82) is 0 Å². The number of nitrogens with zero attached hydrogens (tertiary/aromatic N) is 2. The lowest BCUT2D eigenvalue weighted by Gasteiger charge is -2.26. The SMILES string of the molecule is Cc1ccccc1[C@@H](CC(=O)Nc1ccc(F)cc1)c1cnc2n1CCC[C@@H]2C. The van der Waals surface area contributed by atoms with Crippen LogP contribution in [0.5, 0.6) is 0 Å². The zero-order valence-corrected chi connectivity index (χ0v) is 16.9. The van der Waals surface area contributed by atoms with Crippen LogP contribution in [0, 0.1) is 12.7 Å². The number of amides is 1. The molecule has 0 fully saturated rings. The standard InChI is InChI=1S/C24H26FN3O/c1-16-6-3-4-8-20(16)21(14-23(29)27-19-11-9-18(25)10-12-19)22-15-26-24-17(2)7-5-13-28(22)24/h3-4,6,8-12,15,17,21H,5,7,13-14H2,1-2H3,(H,27,29)/t17-,21+/m0/s1. The van der Waals surface area contributed by atoms with Crippen LogP contribution in [-0.2, 0) is 11.3 Å². The quantitative estimate of drug-likeness (QED) is 0.634. The Hall–Kier alpha value is -2.95. The second-order valence-electron chi connectivity index (χ2n) is 7.90. The van der Waals surface area contributed by atoms with Gasteiger partial charge in [0.15, 0.2) is 0 Å². The number of rotatable bonds is 5. The predicted molar refractivity (Wildman–Crippen MR) is 113 cm³/mol. The molecule has 2 aromatic carbocycles. The minimum atomic E-state index is -0.319. The van der Waals surface area contributed by atoms with E-state index in [1.165, 1.54) is 12.1 Å². The summed E-state index contributed by atoms with van der Waals surface area (Å²) in [5.41, 5.74) is 3.99.